The second kappa shape index (κ2) is 32.6. The average Bonchev–Trinajstić information content (AvgIpc) is 1.02. The fourth-order valence-corrected chi connectivity index (χ4v) is 14.0. The molecule has 0 aliphatic heterocycles. The normalized spacial score (nSPS) is 15.1. The molecular weight excluding hydrogens is 1420 g/mol. The largest absolute Gasteiger partial charge is 0.480 e. The summed E-state index contributed by atoms with van der Waals surface area (Å²) in [5.74, 6) is -1.99. The lowest BCUT2D eigenvalue weighted by molar-refractivity contribution is -0.156. The van der Waals surface area contributed by atoms with Crippen molar-refractivity contribution >= 4 is 17.9 Å². The molecule has 0 amide bonds. The summed E-state index contributed by atoms with van der Waals surface area (Å²) >= 11 is 0. The van der Waals surface area contributed by atoms with Gasteiger partial charge in [0.2, 0.25) is 17.5 Å². The molecule has 564 valence electrons. The van der Waals surface area contributed by atoms with E-state index < -0.39 is 65.1 Å². The maximum absolute atomic E-state index is 15.2. The number of halogens is 6. The van der Waals surface area contributed by atoms with Crippen LogP contribution >= 0.6 is 0 Å². The third-order valence-electron chi connectivity index (χ3n) is 20.0. The van der Waals surface area contributed by atoms with Crippen LogP contribution in [0.4, 0.5) is 26.3 Å². The zero-order valence-corrected chi connectivity index (χ0v) is 60.3. The number of alkyl halides is 6. The second-order valence-electron chi connectivity index (χ2n) is 27.3. The predicted molar refractivity (Wildman–Crippen MR) is 397 cm³/mol. The first-order chi connectivity index (χ1) is 52.9. The van der Waals surface area contributed by atoms with Crippen molar-refractivity contribution in [1.82, 2.24) is 46.0 Å². The van der Waals surface area contributed by atoms with Gasteiger partial charge in [-0.15, -0.1) is 0 Å². The molecule has 1 aliphatic carbocycles. The lowest BCUT2D eigenvalue weighted by Crippen LogP contribution is -2.51. The van der Waals surface area contributed by atoms with Gasteiger partial charge in [0.05, 0.1) is 36.9 Å². The highest BCUT2D eigenvalue weighted by Gasteiger charge is 2.50. The second-order valence-corrected chi connectivity index (χ2v) is 27.3. The standard InChI is InChI=1S/C84H75F6N9O11/c1-6-71(91-43-50-17-21-54(22-18-50)74-94-78(109-97-74)59-30-33-66(69(40-59)83(85,86)87)63-13-9-7-11-48(63)2)80(103)107-62-35-36-82(42-62,81(104)105)99(4)45-51-19-23-55(24-20-51)75-93-77(108-96-75)58-29-32-65(61(39-58)47-106-5)64-14-10-8-12-57(64)37-52-16-15-49(3)68(38-52)67-34-31-60(41-70(67)84(88,89)90)79-95-76(98-110-79)56-27-25-53(26-28-56)72(46-100)92-44-73(101)102/h7-34,38-41,62,71-72,91-92,100H,6,35-37,42-47H2,1-5H3,(H,101,102)(H,104,105). The number of aliphatic carboxylic acids is 2. The minimum atomic E-state index is -4.78. The third-order valence-corrected chi connectivity index (χ3v) is 20.0. The first-order valence-electron chi connectivity index (χ1n) is 35.4. The van der Waals surface area contributed by atoms with Crippen molar-refractivity contribution in [2.75, 3.05) is 27.3 Å². The topological polar surface area (TPSA) is 274 Å². The SMILES string of the molecule is CCC(NCc1ccc(-c2noc(-c3ccc(-c4ccccc4C)c(C(F)(F)F)c3)n2)cc1)C(=O)OC1CCC(C(=O)O)(N(C)Cc2ccc(-c3noc(-c4ccc(-c5ccccc5Cc5ccc(C)c(-c6ccc(-c7nc(-c8ccc(C(CO)NCC(=O)O)cc8)no7)cc6C(F)(F)F)c5)c(COC)c4)n3)cc2)C1. The number of carboxylic acids is 2. The quantitative estimate of drug-likeness (QED) is 0.0225. The highest BCUT2D eigenvalue weighted by atomic mass is 19.4. The van der Waals surface area contributed by atoms with E-state index in [4.69, 9.17) is 33.1 Å². The number of nitrogens with zero attached hydrogens (tertiary/aromatic N) is 7. The van der Waals surface area contributed by atoms with E-state index in [1.807, 2.05) is 79.7 Å². The van der Waals surface area contributed by atoms with Gasteiger partial charge in [-0.25, -0.2) is 0 Å². The summed E-state index contributed by atoms with van der Waals surface area (Å²) < 4.78 is 117. The average molecular weight is 1500 g/mol. The number of carbonyl (C=O) groups excluding carboxylic acids is 1. The van der Waals surface area contributed by atoms with Gasteiger partial charge < -0.3 is 43.7 Å². The smallest absolute Gasteiger partial charge is 0.417 e. The van der Waals surface area contributed by atoms with Crippen LogP contribution in [0.1, 0.15) is 94.3 Å². The Morgan fingerprint density at radius 2 is 1.06 bits per heavy atom. The number of methoxy groups -OCH3 is 1. The molecule has 9 aromatic carbocycles. The molecule has 0 bridgehead atoms. The zero-order chi connectivity index (χ0) is 77.6. The van der Waals surface area contributed by atoms with Crippen molar-refractivity contribution in [2.24, 2.45) is 0 Å². The van der Waals surface area contributed by atoms with Crippen molar-refractivity contribution in [3.05, 3.63) is 250 Å². The van der Waals surface area contributed by atoms with Crippen LogP contribution < -0.4 is 10.6 Å². The van der Waals surface area contributed by atoms with Gasteiger partial charge in [-0.3, -0.25) is 24.6 Å². The number of aliphatic hydroxyl groups excluding tert-OH is 1. The lowest BCUT2D eigenvalue weighted by Gasteiger charge is -2.35. The van der Waals surface area contributed by atoms with Crippen LogP contribution in [0, 0.1) is 13.8 Å². The highest BCUT2D eigenvalue weighted by Crippen LogP contribution is 2.45. The Morgan fingerprint density at radius 1 is 0.573 bits per heavy atom. The Balaban J connectivity index is 0.622. The molecule has 1 saturated carbocycles. The van der Waals surface area contributed by atoms with E-state index >= 15 is 13.2 Å². The number of hydrogen-bond acceptors (Lipinski definition) is 18. The van der Waals surface area contributed by atoms with Gasteiger partial charge in [0, 0.05) is 60.0 Å². The molecule has 0 saturated heterocycles. The molecule has 13 rings (SSSR count). The maximum Gasteiger partial charge on any atom is 0.417 e. The van der Waals surface area contributed by atoms with Crippen molar-refractivity contribution in [3.8, 4) is 102 Å². The molecule has 110 heavy (non-hydrogen) atoms. The molecule has 20 nitrogen and oxygen atoms in total. The molecule has 3 heterocycles. The summed E-state index contributed by atoms with van der Waals surface area (Å²) in [5, 5.41) is 48.0. The Bertz CT molecular complexity index is 5320. The van der Waals surface area contributed by atoms with E-state index in [1.54, 1.807) is 118 Å². The Morgan fingerprint density at radius 3 is 1.60 bits per heavy atom. The van der Waals surface area contributed by atoms with Crippen molar-refractivity contribution < 1.29 is 79.1 Å². The van der Waals surface area contributed by atoms with Gasteiger partial charge in [0.1, 0.15) is 17.7 Å². The predicted octanol–water partition coefficient (Wildman–Crippen LogP) is 16.9. The fraction of sp³-hybridized carbons (Fsp3) is 0.250. The van der Waals surface area contributed by atoms with E-state index in [0.717, 1.165) is 51.1 Å². The van der Waals surface area contributed by atoms with Crippen molar-refractivity contribution in [1.29, 1.82) is 0 Å². The number of hydrogen-bond donors (Lipinski definition) is 5. The Hall–Kier alpha value is -11.8. The summed E-state index contributed by atoms with van der Waals surface area (Å²) in [6.45, 7) is 5.36. The molecule has 5 N–H and O–H groups in total. The molecule has 4 atom stereocenters. The van der Waals surface area contributed by atoms with Crippen LogP contribution in [0.15, 0.2) is 208 Å². The van der Waals surface area contributed by atoms with Crippen LogP contribution in [0.25, 0.3) is 102 Å². The van der Waals surface area contributed by atoms with Gasteiger partial charge in [-0.05, 0) is 161 Å². The number of aliphatic hydroxyl groups is 1. The summed E-state index contributed by atoms with van der Waals surface area (Å²) in [5.41, 5.74) is 8.03. The highest BCUT2D eigenvalue weighted by molar-refractivity contribution is 5.81. The number of carboxylic acid groups (broad SMARTS) is 2. The Kier molecular flexibility index (Phi) is 22.6. The molecule has 0 spiro atoms. The first-order valence-corrected chi connectivity index (χ1v) is 35.4. The van der Waals surface area contributed by atoms with E-state index in [-0.39, 0.29) is 97.3 Å². The van der Waals surface area contributed by atoms with Crippen molar-refractivity contribution in [3.63, 3.8) is 0 Å². The van der Waals surface area contributed by atoms with Crippen LogP contribution in [-0.2, 0) is 62.3 Å². The number of likely N-dealkylation sites (N-methyl/N-ethyl adjacent to an activating group) is 1. The molecule has 1 fully saturated rings. The molecule has 26 heteroatoms. The first kappa shape index (κ1) is 76.4. The number of aryl methyl sites for hydroxylation is 2. The van der Waals surface area contributed by atoms with Crippen LogP contribution in [-0.4, -0.2) is 114 Å². The van der Waals surface area contributed by atoms with E-state index in [0.29, 0.717) is 75.2 Å². The zero-order valence-electron chi connectivity index (χ0n) is 60.3. The minimum absolute atomic E-state index is 0.0334. The number of rotatable bonds is 28. The number of aromatic nitrogens is 6. The molecule has 12 aromatic rings. The van der Waals surface area contributed by atoms with Gasteiger partial charge in [-0.2, -0.15) is 41.3 Å². The van der Waals surface area contributed by atoms with Gasteiger partial charge >= 0.3 is 30.3 Å². The monoisotopic (exact) mass is 1500 g/mol. The minimum Gasteiger partial charge on any atom is -0.480 e. The summed E-state index contributed by atoms with van der Waals surface area (Å²) in [4.78, 5) is 53.3. The molecule has 3 aromatic heterocycles. The number of benzene rings is 9. The number of esters is 1. The summed E-state index contributed by atoms with van der Waals surface area (Å²) in [7, 11) is 3.33. The summed E-state index contributed by atoms with van der Waals surface area (Å²) in [6.07, 6.45) is -8.70. The molecular formula is C84H75F6N9O11. The molecule has 0 radical (unpaired) electrons. The van der Waals surface area contributed by atoms with Crippen LogP contribution in [0.3, 0.4) is 0 Å². The van der Waals surface area contributed by atoms with E-state index in [9.17, 15) is 37.8 Å². The number of nitrogens with one attached hydrogen (secondary N) is 2. The maximum atomic E-state index is 15.2. The van der Waals surface area contributed by atoms with Crippen molar-refractivity contribution in [2.45, 2.75) is 109 Å². The lowest BCUT2D eigenvalue weighted by atomic mass is 9.89. The third kappa shape index (κ3) is 16.9. The van der Waals surface area contributed by atoms with Crippen LogP contribution in [0.2, 0.25) is 0 Å². The van der Waals surface area contributed by atoms with E-state index in [1.165, 1.54) is 24.3 Å². The number of carbonyl (C=O) groups is 3. The molecule has 4 unspecified atom stereocenters. The summed E-state index contributed by atoms with van der Waals surface area (Å²) in [6, 6.07) is 53.4. The van der Waals surface area contributed by atoms with Crippen LogP contribution in [0.5, 0.6) is 0 Å². The van der Waals surface area contributed by atoms with Gasteiger partial charge in [0.25, 0.3) is 17.7 Å². The van der Waals surface area contributed by atoms with E-state index in [2.05, 4.69) is 36.1 Å². The number of ether oxygens (including phenoxy) is 2. The molecule has 1 aliphatic rings. The van der Waals surface area contributed by atoms with Gasteiger partial charge in [-0.1, -0.05) is 180 Å². The fourth-order valence-electron chi connectivity index (χ4n) is 14.0. The van der Waals surface area contributed by atoms with Gasteiger partial charge in [0.15, 0.2) is 0 Å². The Labute approximate surface area is 627 Å².